The Morgan fingerprint density at radius 3 is 2.48 bits per heavy atom. The van der Waals surface area contributed by atoms with Crippen LogP contribution >= 0.6 is 0 Å². The first-order valence-corrected chi connectivity index (χ1v) is 7.70. The predicted molar refractivity (Wildman–Crippen MR) is 84.9 cm³/mol. The Morgan fingerprint density at radius 1 is 1.10 bits per heavy atom. The molecule has 1 aliphatic rings. The molecule has 0 spiro atoms. The Hall–Kier alpha value is -1.67. The molecule has 0 unspecified atom stereocenters. The lowest BCUT2D eigenvalue weighted by atomic mass is 9.75. The summed E-state index contributed by atoms with van der Waals surface area (Å²) in [6.45, 7) is 4.29. The van der Waals surface area contributed by atoms with Crippen molar-refractivity contribution < 1.29 is 4.39 Å². The molecule has 0 radical (unpaired) electrons. The molecule has 2 aromatic rings. The van der Waals surface area contributed by atoms with E-state index in [1.165, 1.54) is 36.1 Å². The van der Waals surface area contributed by atoms with E-state index in [0.29, 0.717) is 12.0 Å². The first-order valence-electron chi connectivity index (χ1n) is 7.70. The van der Waals surface area contributed by atoms with Crippen LogP contribution in [0.5, 0.6) is 0 Å². The van der Waals surface area contributed by atoms with Crippen LogP contribution in [0.15, 0.2) is 48.5 Å². The molecule has 2 aromatic carbocycles. The third-order valence-electron chi connectivity index (χ3n) is 4.51. The summed E-state index contributed by atoms with van der Waals surface area (Å²) < 4.78 is 12.9. The van der Waals surface area contributed by atoms with E-state index in [0.717, 1.165) is 5.56 Å². The van der Waals surface area contributed by atoms with Crippen molar-refractivity contribution >= 4 is 0 Å². The van der Waals surface area contributed by atoms with Crippen LogP contribution in [0.1, 0.15) is 48.4 Å². The topological polar surface area (TPSA) is 12.0 Å². The van der Waals surface area contributed by atoms with Crippen LogP contribution in [0, 0.1) is 12.7 Å². The molecule has 2 heteroatoms. The minimum Gasteiger partial charge on any atom is -0.307 e. The lowest BCUT2D eigenvalue weighted by molar-refractivity contribution is 0.271. The Labute approximate surface area is 126 Å². The van der Waals surface area contributed by atoms with Crippen molar-refractivity contribution in [2.75, 3.05) is 0 Å². The Morgan fingerprint density at radius 2 is 1.81 bits per heavy atom. The molecule has 110 valence electrons. The van der Waals surface area contributed by atoms with Gasteiger partial charge >= 0.3 is 0 Å². The van der Waals surface area contributed by atoms with E-state index in [4.69, 9.17) is 0 Å². The van der Waals surface area contributed by atoms with Gasteiger partial charge in [0.2, 0.25) is 0 Å². The van der Waals surface area contributed by atoms with Gasteiger partial charge in [0.05, 0.1) is 0 Å². The Balaban J connectivity index is 1.54. The van der Waals surface area contributed by atoms with Crippen LogP contribution in [0.25, 0.3) is 0 Å². The van der Waals surface area contributed by atoms with E-state index in [1.807, 2.05) is 12.1 Å². The fourth-order valence-electron chi connectivity index (χ4n) is 3.15. The minimum absolute atomic E-state index is 0.172. The number of nitrogens with one attached hydrogen (secondary N) is 1. The maximum absolute atomic E-state index is 12.9. The number of rotatable bonds is 4. The summed E-state index contributed by atoms with van der Waals surface area (Å²) >= 11 is 0. The molecule has 0 aromatic heterocycles. The molecule has 21 heavy (non-hydrogen) atoms. The van der Waals surface area contributed by atoms with Crippen LogP contribution in [0.2, 0.25) is 0 Å². The molecule has 1 saturated carbocycles. The van der Waals surface area contributed by atoms with E-state index in [9.17, 15) is 4.39 Å². The van der Waals surface area contributed by atoms with Gasteiger partial charge in [-0.05, 0) is 55.9 Å². The molecule has 1 nitrogen and oxygen atoms in total. The van der Waals surface area contributed by atoms with Crippen molar-refractivity contribution in [2.45, 2.75) is 44.7 Å². The zero-order valence-electron chi connectivity index (χ0n) is 12.6. The molecule has 3 rings (SSSR count). The average Bonchev–Trinajstić information content (AvgIpc) is 2.43. The molecule has 1 aliphatic carbocycles. The quantitative estimate of drug-likeness (QED) is 0.855. The molecule has 1 fully saturated rings. The summed E-state index contributed by atoms with van der Waals surface area (Å²) in [5, 5.41) is 3.64. The van der Waals surface area contributed by atoms with E-state index in [1.54, 1.807) is 0 Å². The lowest BCUT2D eigenvalue weighted by Crippen LogP contribution is -2.41. The second-order valence-electron chi connectivity index (χ2n) is 6.22. The van der Waals surface area contributed by atoms with Crippen molar-refractivity contribution in [3.8, 4) is 0 Å². The fourth-order valence-corrected chi connectivity index (χ4v) is 3.15. The molecule has 0 aliphatic heterocycles. The highest BCUT2D eigenvalue weighted by Gasteiger charge is 2.31. The van der Waals surface area contributed by atoms with Gasteiger partial charge in [-0.3, -0.25) is 0 Å². The Bertz CT molecular complexity index is 599. The number of halogens is 1. The standard InChI is InChI=1S/C19H22FN/c1-13-4-3-5-16(10-13)17-11-19(12-17)21-14(2)15-6-8-18(20)9-7-15/h3-10,14,17,19,21H,11-12H2,1-2H3/t14-,17?,19?/m1/s1. The van der Waals surface area contributed by atoms with Gasteiger partial charge in [0.15, 0.2) is 0 Å². The normalized spacial score (nSPS) is 22.6. The van der Waals surface area contributed by atoms with Gasteiger partial charge < -0.3 is 5.32 Å². The van der Waals surface area contributed by atoms with Gasteiger partial charge in [-0.1, -0.05) is 42.0 Å². The van der Waals surface area contributed by atoms with Crippen molar-refractivity contribution in [3.05, 3.63) is 71.0 Å². The van der Waals surface area contributed by atoms with Gasteiger partial charge in [0.25, 0.3) is 0 Å². The molecular weight excluding hydrogens is 261 g/mol. The van der Waals surface area contributed by atoms with Crippen molar-refractivity contribution in [1.29, 1.82) is 0 Å². The van der Waals surface area contributed by atoms with Gasteiger partial charge in [-0.25, -0.2) is 4.39 Å². The molecule has 0 amide bonds. The van der Waals surface area contributed by atoms with Gasteiger partial charge in [0.1, 0.15) is 5.82 Å². The van der Waals surface area contributed by atoms with Crippen LogP contribution in [0.4, 0.5) is 4.39 Å². The summed E-state index contributed by atoms with van der Waals surface area (Å²) in [5.41, 5.74) is 3.95. The largest absolute Gasteiger partial charge is 0.307 e. The van der Waals surface area contributed by atoms with Crippen molar-refractivity contribution in [1.82, 2.24) is 5.32 Å². The summed E-state index contributed by atoms with van der Waals surface area (Å²) in [7, 11) is 0. The monoisotopic (exact) mass is 283 g/mol. The van der Waals surface area contributed by atoms with E-state index in [2.05, 4.69) is 43.4 Å². The van der Waals surface area contributed by atoms with Gasteiger partial charge in [-0.2, -0.15) is 0 Å². The third kappa shape index (κ3) is 3.33. The second-order valence-corrected chi connectivity index (χ2v) is 6.22. The average molecular weight is 283 g/mol. The maximum Gasteiger partial charge on any atom is 0.123 e. The predicted octanol–water partition coefficient (Wildman–Crippen LogP) is 4.73. The van der Waals surface area contributed by atoms with Crippen LogP contribution in [-0.4, -0.2) is 6.04 Å². The number of benzene rings is 2. The number of aryl methyl sites for hydroxylation is 1. The number of hydrogen-bond donors (Lipinski definition) is 1. The smallest absolute Gasteiger partial charge is 0.123 e. The highest BCUT2D eigenvalue weighted by molar-refractivity contribution is 5.28. The highest BCUT2D eigenvalue weighted by Crippen LogP contribution is 2.38. The number of hydrogen-bond acceptors (Lipinski definition) is 1. The lowest BCUT2D eigenvalue weighted by Gasteiger charge is -2.38. The van der Waals surface area contributed by atoms with E-state index >= 15 is 0 Å². The second kappa shape index (κ2) is 5.98. The summed E-state index contributed by atoms with van der Waals surface area (Å²) in [4.78, 5) is 0. The molecule has 0 saturated heterocycles. The SMILES string of the molecule is Cc1cccc(C2CC(N[C@H](C)c3ccc(F)cc3)C2)c1. The highest BCUT2D eigenvalue weighted by atomic mass is 19.1. The zero-order chi connectivity index (χ0) is 14.8. The van der Waals surface area contributed by atoms with Crippen LogP contribution in [0.3, 0.4) is 0 Å². The van der Waals surface area contributed by atoms with Crippen molar-refractivity contribution in [3.63, 3.8) is 0 Å². The maximum atomic E-state index is 12.9. The third-order valence-corrected chi connectivity index (χ3v) is 4.51. The first kappa shape index (κ1) is 14.3. The fraction of sp³-hybridized carbons (Fsp3) is 0.368. The molecule has 0 bridgehead atoms. The molecule has 1 atom stereocenters. The molecule has 1 N–H and O–H groups in total. The van der Waals surface area contributed by atoms with Gasteiger partial charge in [-0.15, -0.1) is 0 Å². The van der Waals surface area contributed by atoms with E-state index < -0.39 is 0 Å². The van der Waals surface area contributed by atoms with E-state index in [-0.39, 0.29) is 11.9 Å². The molecule has 0 heterocycles. The summed E-state index contributed by atoms with van der Waals surface area (Å²) in [5.74, 6) is 0.511. The summed E-state index contributed by atoms with van der Waals surface area (Å²) in [6, 6.07) is 16.5. The Kier molecular flexibility index (Phi) is 4.07. The first-order chi connectivity index (χ1) is 10.1. The van der Waals surface area contributed by atoms with Gasteiger partial charge in [0, 0.05) is 12.1 Å². The van der Waals surface area contributed by atoms with Crippen molar-refractivity contribution in [2.24, 2.45) is 0 Å². The summed E-state index contributed by atoms with van der Waals surface area (Å²) in [6.07, 6.45) is 2.38. The minimum atomic E-state index is -0.172. The molecular formula is C19H22FN. The van der Waals surface area contributed by atoms with Crippen LogP contribution < -0.4 is 5.32 Å². The zero-order valence-corrected chi connectivity index (χ0v) is 12.6. The van der Waals surface area contributed by atoms with Crippen LogP contribution in [-0.2, 0) is 0 Å².